The van der Waals surface area contributed by atoms with Gasteiger partial charge in [0.15, 0.2) is 5.11 Å². The third-order valence-corrected chi connectivity index (χ3v) is 3.97. The van der Waals surface area contributed by atoms with Gasteiger partial charge in [-0.3, -0.25) is 4.68 Å². The van der Waals surface area contributed by atoms with Crippen molar-refractivity contribution in [1.29, 1.82) is 0 Å². The van der Waals surface area contributed by atoms with Crippen LogP contribution in [0.15, 0.2) is 41.4 Å². The van der Waals surface area contributed by atoms with E-state index in [0.717, 1.165) is 5.69 Å². The highest BCUT2D eigenvalue weighted by atomic mass is 32.2. The van der Waals surface area contributed by atoms with Gasteiger partial charge in [0.1, 0.15) is 0 Å². The van der Waals surface area contributed by atoms with Gasteiger partial charge in [0, 0.05) is 18.9 Å². The lowest BCUT2D eigenvalue weighted by Gasteiger charge is -2.11. The summed E-state index contributed by atoms with van der Waals surface area (Å²) >= 11 is 5.16. The SMILES string of the molecule is Cn1nccc1CNC(=S)Nc1ccc(S(N)(=O)=O)cc1. The van der Waals surface area contributed by atoms with Gasteiger partial charge in [0.2, 0.25) is 10.0 Å². The molecule has 21 heavy (non-hydrogen) atoms. The van der Waals surface area contributed by atoms with Gasteiger partial charge in [-0.2, -0.15) is 5.10 Å². The smallest absolute Gasteiger partial charge is 0.238 e. The van der Waals surface area contributed by atoms with Crippen LogP contribution in [0, 0.1) is 0 Å². The van der Waals surface area contributed by atoms with Crippen LogP contribution in [0.3, 0.4) is 0 Å². The average Bonchev–Trinajstić information content (AvgIpc) is 2.81. The Morgan fingerprint density at radius 2 is 2.00 bits per heavy atom. The number of nitrogens with two attached hydrogens (primary N) is 1. The van der Waals surface area contributed by atoms with E-state index in [4.69, 9.17) is 17.4 Å². The van der Waals surface area contributed by atoms with Gasteiger partial charge in [-0.1, -0.05) is 0 Å². The quantitative estimate of drug-likeness (QED) is 0.710. The van der Waals surface area contributed by atoms with E-state index < -0.39 is 10.0 Å². The predicted octanol–water partition coefficient (Wildman–Crippen LogP) is 0.554. The topological polar surface area (TPSA) is 102 Å². The van der Waals surface area contributed by atoms with Crippen LogP contribution in [0.25, 0.3) is 0 Å². The van der Waals surface area contributed by atoms with Crippen LogP contribution in [0.2, 0.25) is 0 Å². The average molecular weight is 325 g/mol. The molecule has 0 spiro atoms. The summed E-state index contributed by atoms with van der Waals surface area (Å²) in [4.78, 5) is 0.0572. The van der Waals surface area contributed by atoms with Gasteiger partial charge in [-0.25, -0.2) is 13.6 Å². The van der Waals surface area contributed by atoms with Crippen LogP contribution in [0.1, 0.15) is 5.69 Å². The summed E-state index contributed by atoms with van der Waals surface area (Å²) in [7, 11) is -1.83. The van der Waals surface area contributed by atoms with Gasteiger partial charge >= 0.3 is 0 Å². The third-order valence-electron chi connectivity index (χ3n) is 2.79. The molecule has 0 unspecified atom stereocenters. The van der Waals surface area contributed by atoms with E-state index in [1.165, 1.54) is 12.1 Å². The lowest BCUT2D eigenvalue weighted by atomic mass is 10.3. The van der Waals surface area contributed by atoms with Crippen molar-refractivity contribution < 1.29 is 8.42 Å². The highest BCUT2D eigenvalue weighted by molar-refractivity contribution is 7.89. The predicted molar refractivity (Wildman–Crippen MR) is 84.1 cm³/mol. The fraction of sp³-hybridized carbons (Fsp3) is 0.167. The van der Waals surface area contributed by atoms with Gasteiger partial charge < -0.3 is 10.6 Å². The fourth-order valence-electron chi connectivity index (χ4n) is 1.65. The summed E-state index contributed by atoms with van der Waals surface area (Å²) in [5, 5.41) is 15.5. The molecular weight excluding hydrogens is 310 g/mol. The molecule has 4 N–H and O–H groups in total. The Kier molecular flexibility index (Phi) is 4.56. The van der Waals surface area contributed by atoms with Gasteiger partial charge in [0.05, 0.1) is 17.1 Å². The van der Waals surface area contributed by atoms with Crippen LogP contribution in [0.4, 0.5) is 5.69 Å². The second-order valence-electron chi connectivity index (χ2n) is 4.32. The number of aryl methyl sites for hydroxylation is 1. The molecule has 0 radical (unpaired) electrons. The summed E-state index contributed by atoms with van der Waals surface area (Å²) in [6.07, 6.45) is 1.71. The number of hydrogen-bond acceptors (Lipinski definition) is 4. The van der Waals surface area contributed by atoms with Crippen molar-refractivity contribution in [2.75, 3.05) is 5.32 Å². The van der Waals surface area contributed by atoms with E-state index in [9.17, 15) is 8.42 Å². The van der Waals surface area contributed by atoms with Crippen molar-refractivity contribution in [2.24, 2.45) is 12.2 Å². The van der Waals surface area contributed by atoms with Crippen molar-refractivity contribution in [3.63, 3.8) is 0 Å². The Labute approximate surface area is 128 Å². The summed E-state index contributed by atoms with van der Waals surface area (Å²) in [5.41, 5.74) is 1.66. The highest BCUT2D eigenvalue weighted by Crippen LogP contribution is 2.12. The number of rotatable bonds is 4. The van der Waals surface area contributed by atoms with Crippen LogP contribution in [-0.4, -0.2) is 23.3 Å². The maximum Gasteiger partial charge on any atom is 0.238 e. The first kappa shape index (κ1) is 15.4. The molecule has 112 valence electrons. The standard InChI is InChI=1S/C12H15N5O2S2/c1-17-10(6-7-15-17)8-14-12(20)16-9-2-4-11(5-3-9)21(13,18)19/h2-7H,8H2,1H3,(H2,13,18,19)(H2,14,16,20). The zero-order valence-electron chi connectivity index (χ0n) is 11.3. The highest BCUT2D eigenvalue weighted by Gasteiger charge is 2.07. The summed E-state index contributed by atoms with van der Waals surface area (Å²) in [6, 6.07) is 7.91. The van der Waals surface area contributed by atoms with E-state index in [2.05, 4.69) is 15.7 Å². The zero-order valence-corrected chi connectivity index (χ0v) is 12.9. The van der Waals surface area contributed by atoms with Crippen LogP contribution in [-0.2, 0) is 23.6 Å². The molecule has 7 nitrogen and oxygen atoms in total. The minimum Gasteiger partial charge on any atom is -0.357 e. The Hall–Kier alpha value is -1.97. The number of anilines is 1. The molecule has 0 aliphatic rings. The normalized spacial score (nSPS) is 11.1. The van der Waals surface area contributed by atoms with E-state index in [1.807, 2.05) is 13.1 Å². The van der Waals surface area contributed by atoms with E-state index in [0.29, 0.717) is 17.3 Å². The first-order chi connectivity index (χ1) is 9.86. The maximum atomic E-state index is 11.1. The molecule has 0 aliphatic heterocycles. The first-order valence-corrected chi connectivity index (χ1v) is 7.96. The van der Waals surface area contributed by atoms with Crippen molar-refractivity contribution in [3.05, 3.63) is 42.2 Å². The summed E-state index contributed by atoms with van der Waals surface area (Å²) < 4.78 is 24.0. The van der Waals surface area contributed by atoms with Crippen molar-refractivity contribution in [3.8, 4) is 0 Å². The van der Waals surface area contributed by atoms with Crippen LogP contribution < -0.4 is 15.8 Å². The molecule has 0 aliphatic carbocycles. The van der Waals surface area contributed by atoms with Crippen molar-refractivity contribution in [1.82, 2.24) is 15.1 Å². The van der Waals surface area contributed by atoms with Crippen LogP contribution in [0.5, 0.6) is 0 Å². The molecule has 1 aromatic carbocycles. The molecule has 0 saturated heterocycles. The summed E-state index contributed by atoms with van der Waals surface area (Å²) in [6.45, 7) is 0.539. The summed E-state index contributed by atoms with van der Waals surface area (Å²) in [5.74, 6) is 0. The molecule has 0 amide bonds. The number of nitrogens with one attached hydrogen (secondary N) is 2. The number of aromatic nitrogens is 2. The number of thiocarbonyl (C=S) groups is 1. The van der Waals surface area contributed by atoms with E-state index >= 15 is 0 Å². The Bertz CT molecular complexity index is 737. The van der Waals surface area contributed by atoms with E-state index in [-0.39, 0.29) is 4.90 Å². The Balaban J connectivity index is 1.92. The maximum absolute atomic E-state index is 11.1. The van der Waals surface area contributed by atoms with Crippen molar-refractivity contribution in [2.45, 2.75) is 11.4 Å². The molecule has 0 saturated carbocycles. The number of primary sulfonamides is 1. The van der Waals surface area contributed by atoms with Crippen LogP contribution >= 0.6 is 12.2 Å². The molecular formula is C12H15N5O2S2. The molecule has 0 fully saturated rings. The number of hydrogen-bond donors (Lipinski definition) is 3. The van der Waals surface area contributed by atoms with Gasteiger partial charge in [-0.15, -0.1) is 0 Å². The molecule has 1 heterocycles. The Morgan fingerprint density at radius 3 is 2.52 bits per heavy atom. The molecule has 1 aromatic heterocycles. The molecule has 2 aromatic rings. The Morgan fingerprint density at radius 1 is 1.33 bits per heavy atom. The van der Waals surface area contributed by atoms with Gasteiger partial charge in [-0.05, 0) is 42.5 Å². The number of benzene rings is 1. The number of nitrogens with zero attached hydrogens (tertiary/aromatic N) is 2. The molecule has 0 bridgehead atoms. The number of sulfonamides is 1. The zero-order chi connectivity index (χ0) is 15.5. The van der Waals surface area contributed by atoms with E-state index in [1.54, 1.807) is 23.0 Å². The van der Waals surface area contributed by atoms with Crippen molar-refractivity contribution >= 4 is 33.0 Å². The lowest BCUT2D eigenvalue weighted by Crippen LogP contribution is -2.28. The molecule has 9 heteroatoms. The second-order valence-corrected chi connectivity index (χ2v) is 6.29. The second kappa shape index (κ2) is 6.20. The first-order valence-electron chi connectivity index (χ1n) is 6.01. The third kappa shape index (κ3) is 4.25. The fourth-order valence-corrected chi connectivity index (χ4v) is 2.35. The molecule has 0 atom stereocenters. The minimum absolute atomic E-state index is 0.0572. The molecule has 2 rings (SSSR count). The largest absolute Gasteiger partial charge is 0.357 e. The van der Waals surface area contributed by atoms with Gasteiger partial charge in [0.25, 0.3) is 0 Å². The minimum atomic E-state index is -3.68. The lowest BCUT2D eigenvalue weighted by molar-refractivity contribution is 0.598. The monoisotopic (exact) mass is 325 g/mol.